The van der Waals surface area contributed by atoms with Crippen LogP contribution in [0.4, 0.5) is 0 Å². The smallest absolute Gasteiger partial charge is 0.335 e. The van der Waals surface area contributed by atoms with Crippen LogP contribution >= 0.6 is 0 Å². The molecule has 0 unspecified atom stereocenters. The van der Waals surface area contributed by atoms with Gasteiger partial charge in [0.05, 0.1) is 67.8 Å². The minimum Gasteiger partial charge on any atom is -0.478 e. The Kier molecular flexibility index (Phi) is 7.64. The van der Waals surface area contributed by atoms with Crippen molar-refractivity contribution in [1.29, 1.82) is 0 Å². The molecule has 212 valence electrons. The molecule has 6 N–H and O–H groups in total. The minimum absolute atomic E-state index is 0.0480. The van der Waals surface area contributed by atoms with Crippen LogP contribution in [-0.2, 0) is 26.2 Å². The zero-order chi connectivity index (χ0) is 30.0. The van der Waals surface area contributed by atoms with Crippen LogP contribution in [0.2, 0.25) is 0 Å². The molecule has 5 rings (SSSR count). The summed E-state index contributed by atoms with van der Waals surface area (Å²) in [5, 5.41) is 44.8. The van der Waals surface area contributed by atoms with E-state index in [9.17, 15) is 39.6 Å². The van der Waals surface area contributed by atoms with Crippen LogP contribution in [0.1, 0.15) is 64.2 Å². The first-order valence-electron chi connectivity index (χ1n) is 12.4. The van der Waals surface area contributed by atoms with Crippen molar-refractivity contribution in [3.05, 3.63) is 93.6 Å². The first-order valence-corrected chi connectivity index (χ1v) is 12.4. The molecular weight excluding hydrogens is 548 g/mol. The molecule has 8 bridgehead atoms. The lowest BCUT2D eigenvalue weighted by Crippen LogP contribution is -2.18. The molecule has 0 aromatic carbocycles. The Morgan fingerprint density at radius 2 is 0.643 bits per heavy atom. The number of nitrogens with one attached hydrogen (secondary N) is 2. The molecule has 42 heavy (non-hydrogen) atoms. The number of hydrogen-bond acceptors (Lipinski definition) is 10. The Hall–Kier alpha value is -5.60. The number of rotatable bonds is 4. The Labute approximate surface area is 236 Å². The first kappa shape index (κ1) is 27.9. The second-order valence-corrected chi connectivity index (χ2v) is 9.36. The minimum atomic E-state index is -1.21. The van der Waals surface area contributed by atoms with E-state index in [4.69, 9.17) is 0 Å². The molecule has 1 aliphatic rings. The highest BCUT2D eigenvalue weighted by molar-refractivity contribution is 5.92. The molecule has 0 saturated heterocycles. The maximum absolute atomic E-state index is 11.9. The molecule has 0 atom stereocenters. The third kappa shape index (κ3) is 6.24. The largest absolute Gasteiger partial charge is 0.478 e. The van der Waals surface area contributed by atoms with Crippen molar-refractivity contribution in [1.82, 2.24) is 30.6 Å². The molecule has 0 spiro atoms. The van der Waals surface area contributed by atoms with E-state index in [-0.39, 0.29) is 71.2 Å². The predicted octanol–water partition coefficient (Wildman–Crippen LogP) is 2.29. The number of fused-ring (bicyclic) bond motifs is 10. The summed E-state index contributed by atoms with van der Waals surface area (Å²) in [5.41, 5.74) is 1.48. The Balaban J connectivity index is 1.65. The Morgan fingerprint density at radius 3 is 0.833 bits per heavy atom. The summed E-state index contributed by atoms with van der Waals surface area (Å²) in [5.74, 6) is -4.86. The number of pyridine rings is 4. The van der Waals surface area contributed by atoms with Crippen LogP contribution in [-0.4, -0.2) is 64.2 Å². The van der Waals surface area contributed by atoms with E-state index in [2.05, 4.69) is 30.6 Å². The van der Waals surface area contributed by atoms with E-state index in [1.54, 1.807) is 0 Å². The fourth-order valence-electron chi connectivity index (χ4n) is 4.37. The highest BCUT2D eigenvalue weighted by atomic mass is 16.4. The van der Waals surface area contributed by atoms with E-state index in [0.29, 0.717) is 22.8 Å². The van der Waals surface area contributed by atoms with Gasteiger partial charge in [-0.05, 0) is 48.5 Å². The van der Waals surface area contributed by atoms with E-state index in [1.807, 2.05) is 0 Å². The number of hydrogen-bond donors (Lipinski definition) is 6. The van der Waals surface area contributed by atoms with Gasteiger partial charge < -0.3 is 31.1 Å². The molecule has 0 fully saturated rings. The van der Waals surface area contributed by atoms with Crippen LogP contribution < -0.4 is 10.6 Å². The van der Waals surface area contributed by atoms with Gasteiger partial charge in [0, 0.05) is 26.2 Å². The second-order valence-electron chi connectivity index (χ2n) is 9.36. The number of carbonyl (C=O) groups is 4. The lowest BCUT2D eigenvalue weighted by atomic mass is 10.1. The predicted molar refractivity (Wildman–Crippen MR) is 144 cm³/mol. The summed E-state index contributed by atoms with van der Waals surface area (Å²) in [4.78, 5) is 65.4. The van der Waals surface area contributed by atoms with Crippen molar-refractivity contribution in [3.8, 4) is 22.8 Å². The number of aromatic carboxylic acids is 4. The fourth-order valence-corrected chi connectivity index (χ4v) is 4.37. The standard InChI is InChI=1S/C28H22N6O8/c35-25(36)13-1-17-9-29-10-18-2-15(27(39)40)7-23(33-18)24-8-16(28(41)42)4-20(34-24)12-30-11-19-3-14(26(37)38)6-22(32-19)21(5-13)31-17/h1-8,29-30H,9-12H2,(H,35,36)(H,37,38)(H,39,40)(H,41,42). The van der Waals surface area contributed by atoms with Gasteiger partial charge in [-0.3, -0.25) is 0 Å². The zero-order valence-electron chi connectivity index (χ0n) is 21.7. The molecule has 14 nitrogen and oxygen atoms in total. The normalized spacial score (nSPS) is 13.0. The number of nitrogens with zero attached hydrogens (tertiary/aromatic N) is 4. The molecule has 1 aliphatic heterocycles. The molecule has 0 aliphatic carbocycles. The Morgan fingerprint density at radius 1 is 0.429 bits per heavy atom. The summed E-state index contributed by atoms with van der Waals surface area (Å²) >= 11 is 0. The molecular formula is C28H22N6O8. The summed E-state index contributed by atoms with van der Waals surface area (Å²) in [7, 11) is 0. The van der Waals surface area contributed by atoms with E-state index in [1.165, 1.54) is 48.5 Å². The van der Waals surface area contributed by atoms with Crippen LogP contribution in [0, 0.1) is 0 Å². The van der Waals surface area contributed by atoms with Gasteiger partial charge in [0.1, 0.15) is 0 Å². The van der Waals surface area contributed by atoms with Gasteiger partial charge in [0.2, 0.25) is 0 Å². The fraction of sp³-hybridized carbons (Fsp3) is 0.143. The van der Waals surface area contributed by atoms with Gasteiger partial charge in [0.25, 0.3) is 0 Å². The van der Waals surface area contributed by atoms with Crippen molar-refractivity contribution < 1.29 is 39.6 Å². The molecule has 14 heteroatoms. The number of carboxylic acids is 4. The lowest BCUT2D eigenvalue weighted by Gasteiger charge is -2.13. The van der Waals surface area contributed by atoms with Crippen molar-refractivity contribution in [3.63, 3.8) is 0 Å². The van der Waals surface area contributed by atoms with Crippen molar-refractivity contribution in [2.75, 3.05) is 0 Å². The first-order chi connectivity index (χ1) is 20.0. The monoisotopic (exact) mass is 570 g/mol. The molecule has 4 aromatic rings. The second kappa shape index (κ2) is 11.5. The van der Waals surface area contributed by atoms with E-state index in [0.717, 1.165) is 0 Å². The lowest BCUT2D eigenvalue weighted by molar-refractivity contribution is 0.0685. The average Bonchev–Trinajstić information content (AvgIpc) is 2.96. The summed E-state index contributed by atoms with van der Waals surface area (Å²) in [6.45, 7) is 0.192. The maximum Gasteiger partial charge on any atom is 0.335 e. The summed E-state index contributed by atoms with van der Waals surface area (Å²) in [6, 6.07) is 10.6. The molecule has 4 aromatic heterocycles. The van der Waals surface area contributed by atoms with Crippen molar-refractivity contribution in [2.45, 2.75) is 26.2 Å². The molecule has 0 saturated carbocycles. The van der Waals surface area contributed by atoms with Crippen LogP contribution in [0.3, 0.4) is 0 Å². The van der Waals surface area contributed by atoms with Gasteiger partial charge in [-0.15, -0.1) is 0 Å². The molecule has 0 amide bonds. The van der Waals surface area contributed by atoms with Crippen molar-refractivity contribution >= 4 is 23.9 Å². The zero-order valence-corrected chi connectivity index (χ0v) is 21.7. The third-order valence-electron chi connectivity index (χ3n) is 6.25. The van der Waals surface area contributed by atoms with Gasteiger partial charge in [-0.25, -0.2) is 39.1 Å². The summed E-state index contributed by atoms with van der Waals surface area (Å²) in [6.07, 6.45) is 0. The van der Waals surface area contributed by atoms with Gasteiger partial charge in [-0.2, -0.15) is 0 Å². The topological polar surface area (TPSA) is 225 Å². The summed E-state index contributed by atoms with van der Waals surface area (Å²) < 4.78 is 0. The maximum atomic E-state index is 11.9. The highest BCUT2D eigenvalue weighted by Crippen LogP contribution is 2.23. The quantitative estimate of drug-likeness (QED) is 0.207. The van der Waals surface area contributed by atoms with E-state index < -0.39 is 23.9 Å². The number of carboxylic acid groups (broad SMARTS) is 4. The van der Waals surface area contributed by atoms with Gasteiger partial charge in [0.15, 0.2) is 0 Å². The third-order valence-corrected chi connectivity index (χ3v) is 6.25. The average molecular weight is 571 g/mol. The number of aromatic nitrogens is 4. The Bertz CT molecular complexity index is 1520. The van der Waals surface area contributed by atoms with Gasteiger partial charge in [-0.1, -0.05) is 0 Å². The van der Waals surface area contributed by atoms with Gasteiger partial charge >= 0.3 is 23.9 Å². The van der Waals surface area contributed by atoms with Crippen LogP contribution in [0.25, 0.3) is 22.8 Å². The van der Waals surface area contributed by atoms with Crippen LogP contribution in [0.5, 0.6) is 0 Å². The van der Waals surface area contributed by atoms with Crippen LogP contribution in [0.15, 0.2) is 48.5 Å². The van der Waals surface area contributed by atoms with E-state index >= 15 is 0 Å². The molecule has 0 radical (unpaired) electrons. The highest BCUT2D eigenvalue weighted by Gasteiger charge is 2.18. The molecule has 5 heterocycles. The van der Waals surface area contributed by atoms with Crippen molar-refractivity contribution in [2.24, 2.45) is 0 Å². The SMILES string of the molecule is O=C(O)c1cc2nc(c1)-c1cc(C(=O)O)cc(n1)CNCc1cc(C(=O)O)cc(n1)-c1cc(C(=O)O)cc(n1)CNC2.